The van der Waals surface area contributed by atoms with Gasteiger partial charge in [-0.25, -0.2) is 9.59 Å². The Balaban J connectivity index is 2.02. The first kappa shape index (κ1) is 22.8. The molecule has 174 valence electrons. The number of anilines is 1. The Labute approximate surface area is 193 Å². The molecule has 0 amide bonds. The highest BCUT2D eigenvalue weighted by atomic mass is 16.5. The smallest absolute Gasteiger partial charge is 0.339 e. The lowest BCUT2D eigenvalue weighted by Gasteiger charge is -2.42. The number of para-hydroxylation sites is 1. The van der Waals surface area contributed by atoms with E-state index in [9.17, 15) is 14.4 Å². The molecule has 0 saturated heterocycles. The zero-order valence-corrected chi connectivity index (χ0v) is 19.4. The fraction of sp³-hybridized carbons (Fsp3) is 0.423. The third-order valence-corrected chi connectivity index (χ3v) is 6.50. The van der Waals surface area contributed by atoms with E-state index in [0.29, 0.717) is 36.4 Å². The normalized spacial score (nSPS) is 23.4. The highest BCUT2D eigenvalue weighted by molar-refractivity contribution is 6.18. The van der Waals surface area contributed by atoms with Crippen LogP contribution in [0.4, 0.5) is 5.69 Å². The van der Waals surface area contributed by atoms with Gasteiger partial charge in [-0.2, -0.15) is 0 Å². The summed E-state index contributed by atoms with van der Waals surface area (Å²) < 4.78 is 11.3. The lowest BCUT2D eigenvalue weighted by Crippen LogP contribution is -2.51. The van der Waals surface area contributed by atoms with Crippen LogP contribution < -0.4 is 10.6 Å². The van der Waals surface area contributed by atoms with Crippen LogP contribution in [-0.4, -0.2) is 30.9 Å². The number of hydrogen-bond acceptors (Lipinski definition) is 7. The van der Waals surface area contributed by atoms with Gasteiger partial charge in [0.1, 0.15) is 17.2 Å². The lowest BCUT2D eigenvalue weighted by atomic mass is 9.62. The Hall–Kier alpha value is -3.35. The van der Waals surface area contributed by atoms with E-state index in [0.717, 1.165) is 6.42 Å². The molecule has 0 radical (unpaired) electrons. The van der Waals surface area contributed by atoms with E-state index in [1.807, 2.05) is 32.9 Å². The molecular formula is C26H30N2O5. The topological polar surface area (TPSA) is 98.9 Å². The van der Waals surface area contributed by atoms with E-state index in [2.05, 4.69) is 6.58 Å². The molecule has 1 aliphatic carbocycles. The van der Waals surface area contributed by atoms with Gasteiger partial charge in [-0.15, -0.1) is 6.58 Å². The van der Waals surface area contributed by atoms with Gasteiger partial charge >= 0.3 is 11.9 Å². The molecule has 1 spiro atoms. The second-order valence-electron chi connectivity index (χ2n) is 9.54. The van der Waals surface area contributed by atoms with Crippen LogP contribution in [0.2, 0.25) is 0 Å². The molecule has 0 aromatic heterocycles. The van der Waals surface area contributed by atoms with Crippen LogP contribution in [0.1, 0.15) is 52.0 Å². The molecule has 2 N–H and O–H groups in total. The van der Waals surface area contributed by atoms with Crippen LogP contribution in [-0.2, 0) is 29.3 Å². The number of fused-ring (bicyclic) bond motifs is 3. The minimum absolute atomic E-state index is 0.0535. The first-order valence-corrected chi connectivity index (χ1v) is 11.3. The van der Waals surface area contributed by atoms with Crippen molar-refractivity contribution in [1.82, 2.24) is 0 Å². The number of ketones is 1. The van der Waals surface area contributed by atoms with Gasteiger partial charge in [0.2, 0.25) is 0 Å². The number of nitrogens with zero attached hydrogens (tertiary/aromatic N) is 1. The zero-order chi connectivity index (χ0) is 24.0. The molecule has 0 saturated carbocycles. The van der Waals surface area contributed by atoms with Crippen molar-refractivity contribution in [2.75, 3.05) is 18.1 Å². The van der Waals surface area contributed by atoms with Crippen molar-refractivity contribution in [2.24, 2.45) is 11.1 Å². The highest BCUT2D eigenvalue weighted by Crippen LogP contribution is 2.57. The second kappa shape index (κ2) is 8.21. The third kappa shape index (κ3) is 3.37. The predicted octanol–water partition coefficient (Wildman–Crippen LogP) is 3.64. The summed E-state index contributed by atoms with van der Waals surface area (Å²) in [6, 6.07) is 7.16. The number of hydrogen-bond donors (Lipinski definition) is 1. The van der Waals surface area contributed by atoms with Crippen molar-refractivity contribution in [2.45, 2.75) is 51.9 Å². The molecule has 2 heterocycles. The van der Waals surface area contributed by atoms with Crippen LogP contribution in [0.15, 0.2) is 59.6 Å². The first-order chi connectivity index (χ1) is 15.7. The number of allylic oxidation sites excluding steroid dienone is 1. The van der Waals surface area contributed by atoms with Gasteiger partial charge in [-0.3, -0.25) is 4.79 Å². The first-order valence-electron chi connectivity index (χ1n) is 11.3. The summed E-state index contributed by atoms with van der Waals surface area (Å²) in [6.07, 6.45) is 3.82. The average Bonchev–Trinajstić information content (AvgIpc) is 3.02. The number of nitrogens with two attached hydrogens (primary N) is 1. The van der Waals surface area contributed by atoms with E-state index in [1.165, 1.54) is 0 Å². The molecule has 7 nitrogen and oxygen atoms in total. The van der Waals surface area contributed by atoms with Gasteiger partial charge in [0.05, 0.1) is 12.2 Å². The summed E-state index contributed by atoms with van der Waals surface area (Å²) in [7, 11) is 0. The van der Waals surface area contributed by atoms with Crippen molar-refractivity contribution < 1.29 is 23.9 Å². The minimum atomic E-state index is -1.75. The number of carbonyl (C=O) groups excluding carboxylic acids is 3. The van der Waals surface area contributed by atoms with Gasteiger partial charge in [-0.1, -0.05) is 51.5 Å². The fourth-order valence-corrected chi connectivity index (χ4v) is 5.11. The van der Waals surface area contributed by atoms with E-state index in [1.54, 1.807) is 23.1 Å². The molecule has 1 aromatic carbocycles. The molecule has 3 aliphatic rings. The third-order valence-electron chi connectivity index (χ3n) is 6.50. The minimum Gasteiger partial charge on any atom is -0.462 e. The molecule has 7 heteroatoms. The van der Waals surface area contributed by atoms with Crippen molar-refractivity contribution >= 4 is 23.4 Å². The maximum Gasteiger partial charge on any atom is 0.339 e. The maximum absolute atomic E-state index is 13.7. The molecule has 0 fully saturated rings. The Morgan fingerprint density at radius 3 is 2.70 bits per heavy atom. The largest absolute Gasteiger partial charge is 0.462 e. The van der Waals surface area contributed by atoms with E-state index >= 15 is 0 Å². The van der Waals surface area contributed by atoms with E-state index < -0.39 is 17.4 Å². The van der Waals surface area contributed by atoms with Crippen LogP contribution >= 0.6 is 0 Å². The molecule has 1 aromatic rings. The maximum atomic E-state index is 13.7. The van der Waals surface area contributed by atoms with Gasteiger partial charge in [0.15, 0.2) is 11.2 Å². The summed E-state index contributed by atoms with van der Waals surface area (Å²) in [5, 5.41) is 0. The summed E-state index contributed by atoms with van der Waals surface area (Å²) in [5.41, 5.74) is 5.75. The molecular weight excluding hydrogens is 420 g/mol. The van der Waals surface area contributed by atoms with E-state index in [4.69, 9.17) is 15.2 Å². The molecule has 1 atom stereocenters. The van der Waals surface area contributed by atoms with E-state index in [-0.39, 0.29) is 41.2 Å². The number of rotatable bonds is 6. The highest BCUT2D eigenvalue weighted by Gasteiger charge is 2.64. The second-order valence-corrected chi connectivity index (χ2v) is 9.54. The number of ether oxygens (including phenoxy) is 2. The van der Waals surface area contributed by atoms with Gasteiger partial charge in [0, 0.05) is 30.6 Å². The Morgan fingerprint density at radius 1 is 1.27 bits per heavy atom. The number of carbonyl (C=O) groups is 3. The number of esters is 2. The molecule has 4 rings (SSSR count). The van der Waals surface area contributed by atoms with Gasteiger partial charge in [-0.05, 0) is 17.9 Å². The number of benzene rings is 1. The summed E-state index contributed by atoms with van der Waals surface area (Å²) >= 11 is 0. The predicted molar refractivity (Wildman–Crippen MR) is 124 cm³/mol. The molecule has 33 heavy (non-hydrogen) atoms. The number of Topliss-reactive ketones (excluding diaryl/α,β-unsaturated/α-hetero) is 1. The monoisotopic (exact) mass is 450 g/mol. The molecule has 0 bridgehead atoms. The van der Waals surface area contributed by atoms with Crippen LogP contribution in [0.5, 0.6) is 0 Å². The number of unbranched alkanes of at least 4 members (excludes halogenated alkanes) is 1. The van der Waals surface area contributed by atoms with Crippen molar-refractivity contribution in [3.63, 3.8) is 0 Å². The summed E-state index contributed by atoms with van der Waals surface area (Å²) in [4.78, 5) is 42.5. The SMILES string of the molecule is C=CCN1C(N)=C(C(=O)OCCCC)C2(C(=O)OC3=C2C(=O)CC(C)(C)C3)c2ccccc21. The Bertz CT molecular complexity index is 1110. The molecule has 1 unspecified atom stereocenters. The van der Waals surface area contributed by atoms with Gasteiger partial charge < -0.3 is 20.1 Å². The van der Waals surface area contributed by atoms with Crippen molar-refractivity contribution in [3.05, 3.63) is 65.2 Å². The summed E-state index contributed by atoms with van der Waals surface area (Å²) in [6.45, 7) is 10.2. The lowest BCUT2D eigenvalue weighted by molar-refractivity contribution is -0.146. The van der Waals surface area contributed by atoms with Crippen molar-refractivity contribution in [3.8, 4) is 0 Å². The standard InChI is InChI=1S/C26H30N2O5/c1-5-7-13-32-23(30)21-22(27)28(12-6-2)17-11-9-8-10-16(17)26(21)20-18(29)14-25(3,4)15-19(20)33-24(26)31/h6,8-11H,2,5,7,12-15,27H2,1,3-4H3. The van der Waals surface area contributed by atoms with Crippen LogP contribution in [0, 0.1) is 5.41 Å². The summed E-state index contributed by atoms with van der Waals surface area (Å²) in [5.74, 6) is -1.23. The zero-order valence-electron chi connectivity index (χ0n) is 19.4. The Morgan fingerprint density at radius 2 is 2.00 bits per heavy atom. The fourth-order valence-electron chi connectivity index (χ4n) is 5.11. The Kier molecular flexibility index (Phi) is 5.68. The molecule has 2 aliphatic heterocycles. The van der Waals surface area contributed by atoms with Crippen LogP contribution in [0.3, 0.4) is 0 Å². The van der Waals surface area contributed by atoms with Crippen molar-refractivity contribution in [1.29, 1.82) is 0 Å². The quantitative estimate of drug-likeness (QED) is 0.401. The average molecular weight is 451 g/mol. The van der Waals surface area contributed by atoms with Crippen LogP contribution in [0.25, 0.3) is 0 Å². The van der Waals surface area contributed by atoms with Gasteiger partial charge in [0.25, 0.3) is 0 Å².